The van der Waals surface area contributed by atoms with Gasteiger partial charge in [0.15, 0.2) is 0 Å². The van der Waals surface area contributed by atoms with E-state index in [1.807, 2.05) is 13.8 Å². The lowest BCUT2D eigenvalue weighted by Gasteiger charge is -2.27. The van der Waals surface area contributed by atoms with Crippen molar-refractivity contribution in [3.05, 3.63) is 0 Å². The summed E-state index contributed by atoms with van der Waals surface area (Å²) < 4.78 is 0. The third-order valence-electron chi connectivity index (χ3n) is 3.33. The predicted molar refractivity (Wildman–Crippen MR) is 71.9 cm³/mol. The van der Waals surface area contributed by atoms with Gasteiger partial charge in [-0.2, -0.15) is 0 Å². The number of nitrogens with one attached hydrogen (secondary N) is 1. The molecule has 2 N–H and O–H groups in total. The van der Waals surface area contributed by atoms with E-state index < -0.39 is 5.54 Å². The van der Waals surface area contributed by atoms with Crippen LogP contribution >= 0.6 is 0 Å². The Morgan fingerprint density at radius 1 is 1.12 bits per heavy atom. The minimum atomic E-state index is -0.445. The largest absolute Gasteiger partial charge is 0.394 e. The first kappa shape index (κ1) is 16.4. The van der Waals surface area contributed by atoms with Crippen molar-refractivity contribution in [3.63, 3.8) is 0 Å². The Hall–Kier alpha value is -0.570. The summed E-state index contributed by atoms with van der Waals surface area (Å²) in [5, 5.41) is 12.1. The molecule has 0 fully saturated rings. The zero-order valence-electron chi connectivity index (χ0n) is 11.7. The number of rotatable bonds is 10. The average molecular weight is 243 g/mol. The van der Waals surface area contributed by atoms with Crippen LogP contribution in [0.4, 0.5) is 0 Å². The van der Waals surface area contributed by atoms with Gasteiger partial charge in [-0.05, 0) is 19.8 Å². The summed E-state index contributed by atoms with van der Waals surface area (Å²) in [4.78, 5) is 11.6. The molecule has 0 aromatic heterocycles. The summed E-state index contributed by atoms with van der Waals surface area (Å²) in [5.41, 5.74) is -0.445. The summed E-state index contributed by atoms with van der Waals surface area (Å²) in [6.45, 7) is 6.06. The second-order valence-electron chi connectivity index (χ2n) is 5.14. The summed E-state index contributed by atoms with van der Waals surface area (Å²) in [7, 11) is 0. The van der Waals surface area contributed by atoms with Gasteiger partial charge in [-0.25, -0.2) is 0 Å². The molecule has 1 amide bonds. The standard InChI is InChI=1S/C14H29NO2/c1-4-6-7-8-9-10-11-13(17)15-14(3,5-2)12-16/h16H,4-12H2,1-3H3,(H,15,17). The fourth-order valence-electron chi connectivity index (χ4n) is 1.70. The first-order valence-electron chi connectivity index (χ1n) is 7.00. The predicted octanol–water partition coefficient (Wildman–Crippen LogP) is 3.01. The second-order valence-corrected chi connectivity index (χ2v) is 5.14. The molecule has 102 valence electrons. The molecule has 0 rings (SSSR count). The lowest BCUT2D eigenvalue weighted by Crippen LogP contribution is -2.48. The van der Waals surface area contributed by atoms with E-state index in [4.69, 9.17) is 0 Å². The van der Waals surface area contributed by atoms with Gasteiger partial charge in [0.25, 0.3) is 0 Å². The number of carbonyl (C=O) groups excluding carboxylic acids is 1. The van der Waals surface area contributed by atoms with E-state index in [1.165, 1.54) is 25.7 Å². The quantitative estimate of drug-likeness (QED) is 0.579. The summed E-state index contributed by atoms with van der Waals surface area (Å²) in [6.07, 6.45) is 8.49. The molecule has 0 aliphatic rings. The molecule has 3 nitrogen and oxygen atoms in total. The molecule has 17 heavy (non-hydrogen) atoms. The molecule has 1 unspecified atom stereocenters. The highest BCUT2D eigenvalue weighted by molar-refractivity contribution is 5.76. The maximum atomic E-state index is 11.6. The average Bonchev–Trinajstić information content (AvgIpc) is 2.33. The van der Waals surface area contributed by atoms with Crippen molar-refractivity contribution in [2.75, 3.05) is 6.61 Å². The van der Waals surface area contributed by atoms with Crippen molar-refractivity contribution in [3.8, 4) is 0 Å². The van der Waals surface area contributed by atoms with E-state index in [2.05, 4.69) is 12.2 Å². The fraction of sp³-hybridized carbons (Fsp3) is 0.929. The fourth-order valence-corrected chi connectivity index (χ4v) is 1.70. The summed E-state index contributed by atoms with van der Waals surface area (Å²) in [5.74, 6) is 0.0684. The molecular weight excluding hydrogens is 214 g/mol. The highest BCUT2D eigenvalue weighted by Gasteiger charge is 2.22. The minimum Gasteiger partial charge on any atom is -0.394 e. The monoisotopic (exact) mass is 243 g/mol. The van der Waals surface area contributed by atoms with Crippen molar-refractivity contribution in [2.45, 2.75) is 77.7 Å². The maximum Gasteiger partial charge on any atom is 0.220 e. The molecule has 1 atom stereocenters. The number of hydrogen-bond acceptors (Lipinski definition) is 2. The van der Waals surface area contributed by atoms with Crippen LogP contribution in [0.3, 0.4) is 0 Å². The van der Waals surface area contributed by atoms with E-state index in [0.717, 1.165) is 19.3 Å². The summed E-state index contributed by atoms with van der Waals surface area (Å²) in [6, 6.07) is 0. The van der Waals surface area contributed by atoms with Gasteiger partial charge in [0, 0.05) is 6.42 Å². The molecule has 0 heterocycles. The van der Waals surface area contributed by atoms with Crippen molar-refractivity contribution < 1.29 is 9.90 Å². The highest BCUT2D eigenvalue weighted by Crippen LogP contribution is 2.10. The van der Waals surface area contributed by atoms with E-state index >= 15 is 0 Å². The molecule has 0 spiro atoms. The Balaban J connectivity index is 3.59. The zero-order valence-corrected chi connectivity index (χ0v) is 11.7. The second kappa shape index (κ2) is 9.46. The van der Waals surface area contributed by atoms with Gasteiger partial charge in [0.2, 0.25) is 5.91 Å². The van der Waals surface area contributed by atoms with Crippen LogP contribution in [-0.4, -0.2) is 23.2 Å². The number of carbonyl (C=O) groups is 1. The van der Waals surface area contributed by atoms with Crippen molar-refractivity contribution in [1.29, 1.82) is 0 Å². The number of amides is 1. The molecule has 0 bridgehead atoms. The molecule has 0 radical (unpaired) electrons. The molecule has 0 aliphatic heterocycles. The Kier molecular flexibility index (Phi) is 9.14. The van der Waals surface area contributed by atoms with Crippen LogP contribution in [0, 0.1) is 0 Å². The first-order chi connectivity index (χ1) is 8.08. The maximum absolute atomic E-state index is 11.6. The molecule has 0 saturated heterocycles. The van der Waals surface area contributed by atoms with Crippen LogP contribution in [0.5, 0.6) is 0 Å². The minimum absolute atomic E-state index is 0.00569. The molecule has 3 heteroatoms. The highest BCUT2D eigenvalue weighted by atomic mass is 16.3. The van der Waals surface area contributed by atoms with Gasteiger partial charge in [-0.15, -0.1) is 0 Å². The van der Waals surface area contributed by atoms with Gasteiger partial charge in [-0.3, -0.25) is 4.79 Å². The number of aliphatic hydroxyl groups excluding tert-OH is 1. The van der Waals surface area contributed by atoms with E-state index in [1.54, 1.807) is 0 Å². The number of aliphatic hydroxyl groups is 1. The van der Waals surface area contributed by atoms with Gasteiger partial charge in [0.05, 0.1) is 12.1 Å². The van der Waals surface area contributed by atoms with Crippen molar-refractivity contribution in [1.82, 2.24) is 5.32 Å². The molecule has 0 saturated carbocycles. The Bertz CT molecular complexity index is 200. The lowest BCUT2D eigenvalue weighted by molar-refractivity contribution is -0.123. The molecule has 0 aromatic carbocycles. The number of unbranched alkanes of at least 4 members (excludes halogenated alkanes) is 5. The van der Waals surface area contributed by atoms with Crippen LogP contribution in [-0.2, 0) is 4.79 Å². The molecule has 0 aromatic rings. The third-order valence-corrected chi connectivity index (χ3v) is 3.33. The smallest absolute Gasteiger partial charge is 0.220 e. The van der Waals surface area contributed by atoms with E-state index in [-0.39, 0.29) is 12.5 Å². The van der Waals surface area contributed by atoms with Gasteiger partial charge >= 0.3 is 0 Å². The zero-order chi connectivity index (χ0) is 13.1. The van der Waals surface area contributed by atoms with Crippen LogP contribution in [0.1, 0.15) is 72.1 Å². The Labute approximate surface area is 106 Å². The van der Waals surface area contributed by atoms with Crippen molar-refractivity contribution >= 4 is 5.91 Å². The first-order valence-corrected chi connectivity index (χ1v) is 7.00. The van der Waals surface area contributed by atoms with E-state index in [9.17, 15) is 9.90 Å². The molecule has 0 aliphatic carbocycles. The van der Waals surface area contributed by atoms with Gasteiger partial charge < -0.3 is 10.4 Å². The van der Waals surface area contributed by atoms with Crippen LogP contribution < -0.4 is 5.32 Å². The van der Waals surface area contributed by atoms with Crippen LogP contribution in [0.2, 0.25) is 0 Å². The van der Waals surface area contributed by atoms with Crippen LogP contribution in [0.15, 0.2) is 0 Å². The van der Waals surface area contributed by atoms with E-state index in [0.29, 0.717) is 6.42 Å². The number of hydrogen-bond donors (Lipinski definition) is 2. The normalized spacial score (nSPS) is 14.4. The topological polar surface area (TPSA) is 49.3 Å². The van der Waals surface area contributed by atoms with Gasteiger partial charge in [-0.1, -0.05) is 46.0 Å². The Morgan fingerprint density at radius 2 is 1.71 bits per heavy atom. The van der Waals surface area contributed by atoms with Crippen LogP contribution in [0.25, 0.3) is 0 Å². The SMILES string of the molecule is CCCCCCCCC(=O)NC(C)(CC)CO. The Morgan fingerprint density at radius 3 is 2.24 bits per heavy atom. The lowest BCUT2D eigenvalue weighted by atomic mass is 10.00. The van der Waals surface area contributed by atoms with Crippen molar-refractivity contribution in [2.24, 2.45) is 0 Å². The molecular formula is C14H29NO2. The third kappa shape index (κ3) is 8.19. The summed E-state index contributed by atoms with van der Waals surface area (Å²) >= 11 is 0. The van der Waals surface area contributed by atoms with Gasteiger partial charge in [0.1, 0.15) is 0 Å².